The summed E-state index contributed by atoms with van der Waals surface area (Å²) in [7, 11) is 0. The molecule has 0 bridgehead atoms. The Kier molecular flexibility index (Phi) is 5.03. The molecule has 0 atom stereocenters. The lowest BCUT2D eigenvalue weighted by atomic mass is 10.0. The lowest BCUT2D eigenvalue weighted by molar-refractivity contribution is 0.0946. The summed E-state index contributed by atoms with van der Waals surface area (Å²) in [5.41, 5.74) is 3.38. The van der Waals surface area contributed by atoms with E-state index in [1.807, 2.05) is 54.1 Å². The second kappa shape index (κ2) is 7.38. The molecular formula is C20H23N3O2. The molecule has 5 heteroatoms. The van der Waals surface area contributed by atoms with E-state index < -0.39 is 0 Å². The smallest absolute Gasteiger partial charge is 0.255 e. The Hall–Kier alpha value is -2.82. The third kappa shape index (κ3) is 3.50. The SMILES string of the molecule is CCc1c(C(=O)NCc2ccco2)c(C(C)C)nn1-c1ccccc1. The van der Waals surface area contributed by atoms with Crippen molar-refractivity contribution >= 4 is 5.91 Å². The summed E-state index contributed by atoms with van der Waals surface area (Å²) in [5, 5.41) is 7.70. The summed E-state index contributed by atoms with van der Waals surface area (Å²) in [6.45, 7) is 6.52. The van der Waals surface area contributed by atoms with E-state index in [1.165, 1.54) is 0 Å². The third-order valence-electron chi connectivity index (χ3n) is 4.12. The van der Waals surface area contributed by atoms with Crippen molar-refractivity contribution in [3.8, 4) is 5.69 Å². The summed E-state index contributed by atoms with van der Waals surface area (Å²) in [4.78, 5) is 12.9. The molecular weight excluding hydrogens is 314 g/mol. The maximum Gasteiger partial charge on any atom is 0.255 e. The van der Waals surface area contributed by atoms with E-state index in [0.29, 0.717) is 12.1 Å². The van der Waals surface area contributed by atoms with Crippen molar-refractivity contribution in [2.75, 3.05) is 0 Å². The van der Waals surface area contributed by atoms with Gasteiger partial charge in [0.1, 0.15) is 5.76 Å². The van der Waals surface area contributed by atoms with Crippen molar-refractivity contribution in [3.05, 3.63) is 71.4 Å². The summed E-state index contributed by atoms with van der Waals surface area (Å²) in [6, 6.07) is 13.6. The van der Waals surface area contributed by atoms with E-state index in [9.17, 15) is 4.79 Å². The Labute approximate surface area is 147 Å². The molecule has 0 unspecified atom stereocenters. The fraction of sp³-hybridized carbons (Fsp3) is 0.300. The molecule has 2 heterocycles. The van der Waals surface area contributed by atoms with Gasteiger partial charge in [-0.2, -0.15) is 5.10 Å². The van der Waals surface area contributed by atoms with Crippen molar-refractivity contribution in [3.63, 3.8) is 0 Å². The zero-order chi connectivity index (χ0) is 17.8. The number of nitrogens with zero attached hydrogens (tertiary/aromatic N) is 2. The third-order valence-corrected chi connectivity index (χ3v) is 4.12. The number of carbonyl (C=O) groups excluding carboxylic acids is 1. The average molecular weight is 337 g/mol. The molecule has 0 spiro atoms. The van der Waals surface area contributed by atoms with Crippen molar-refractivity contribution < 1.29 is 9.21 Å². The number of para-hydroxylation sites is 1. The lowest BCUT2D eigenvalue weighted by Crippen LogP contribution is -2.24. The number of rotatable bonds is 6. The predicted octanol–water partition coefficient (Wildman–Crippen LogP) is 4.08. The van der Waals surface area contributed by atoms with Gasteiger partial charge in [0.2, 0.25) is 0 Å². The fourth-order valence-corrected chi connectivity index (χ4v) is 2.90. The monoisotopic (exact) mass is 337 g/mol. The van der Waals surface area contributed by atoms with E-state index in [-0.39, 0.29) is 11.8 Å². The van der Waals surface area contributed by atoms with Gasteiger partial charge in [0, 0.05) is 0 Å². The van der Waals surface area contributed by atoms with Gasteiger partial charge in [0.25, 0.3) is 5.91 Å². The van der Waals surface area contributed by atoms with E-state index in [2.05, 4.69) is 19.2 Å². The minimum Gasteiger partial charge on any atom is -0.467 e. The first-order valence-electron chi connectivity index (χ1n) is 8.59. The van der Waals surface area contributed by atoms with Crippen LogP contribution in [0, 0.1) is 0 Å². The molecule has 25 heavy (non-hydrogen) atoms. The van der Waals surface area contributed by atoms with Crippen LogP contribution >= 0.6 is 0 Å². The Morgan fingerprint density at radius 2 is 1.96 bits per heavy atom. The standard InChI is InChI=1S/C20H23N3O2/c1-4-17-18(20(24)21-13-16-11-8-12-25-16)19(14(2)3)22-23(17)15-9-6-5-7-10-15/h5-12,14H,4,13H2,1-3H3,(H,21,24). The van der Waals surface area contributed by atoms with Crippen molar-refractivity contribution in [1.29, 1.82) is 0 Å². The molecule has 130 valence electrons. The maximum atomic E-state index is 12.9. The van der Waals surface area contributed by atoms with Gasteiger partial charge in [-0.25, -0.2) is 4.68 Å². The van der Waals surface area contributed by atoms with Crippen LogP contribution in [0.1, 0.15) is 54.2 Å². The Morgan fingerprint density at radius 3 is 2.56 bits per heavy atom. The zero-order valence-corrected chi connectivity index (χ0v) is 14.8. The highest BCUT2D eigenvalue weighted by molar-refractivity contribution is 5.96. The number of nitrogens with one attached hydrogen (secondary N) is 1. The first kappa shape index (κ1) is 17.0. The van der Waals surface area contributed by atoms with Crippen molar-refractivity contribution in [2.24, 2.45) is 0 Å². The van der Waals surface area contributed by atoms with Crippen LogP contribution in [0.3, 0.4) is 0 Å². The van der Waals surface area contributed by atoms with Crippen molar-refractivity contribution in [1.82, 2.24) is 15.1 Å². The molecule has 3 aromatic rings. The first-order valence-corrected chi connectivity index (χ1v) is 8.59. The molecule has 0 aliphatic heterocycles. The van der Waals surface area contributed by atoms with Crippen LogP contribution in [0.4, 0.5) is 0 Å². The van der Waals surface area contributed by atoms with Crippen molar-refractivity contribution in [2.45, 2.75) is 39.7 Å². The minimum atomic E-state index is -0.112. The fourth-order valence-electron chi connectivity index (χ4n) is 2.90. The normalized spacial score (nSPS) is 11.0. The number of aromatic nitrogens is 2. The summed E-state index contributed by atoms with van der Waals surface area (Å²) in [5.74, 6) is 0.770. The summed E-state index contributed by atoms with van der Waals surface area (Å²) in [6.07, 6.45) is 2.32. The zero-order valence-electron chi connectivity index (χ0n) is 14.8. The van der Waals surface area contributed by atoms with Crippen LogP contribution in [0.2, 0.25) is 0 Å². The summed E-state index contributed by atoms with van der Waals surface area (Å²) >= 11 is 0. The molecule has 2 aromatic heterocycles. The molecule has 1 aromatic carbocycles. The molecule has 5 nitrogen and oxygen atoms in total. The number of amides is 1. The molecule has 0 saturated heterocycles. The highest BCUT2D eigenvalue weighted by Gasteiger charge is 2.25. The van der Waals surface area contributed by atoms with Gasteiger partial charge in [-0.3, -0.25) is 4.79 Å². The van der Waals surface area contributed by atoms with Crippen LogP contribution in [-0.2, 0) is 13.0 Å². The molecule has 0 fully saturated rings. The van der Waals surface area contributed by atoms with Crippen LogP contribution in [-0.4, -0.2) is 15.7 Å². The molecule has 1 N–H and O–H groups in total. The Morgan fingerprint density at radius 1 is 1.20 bits per heavy atom. The van der Waals surface area contributed by atoms with Gasteiger partial charge in [-0.05, 0) is 36.6 Å². The largest absolute Gasteiger partial charge is 0.467 e. The molecule has 1 amide bonds. The van der Waals surface area contributed by atoms with Crippen LogP contribution in [0.25, 0.3) is 5.69 Å². The van der Waals surface area contributed by atoms with Gasteiger partial charge >= 0.3 is 0 Å². The second-order valence-electron chi connectivity index (χ2n) is 6.22. The van der Waals surface area contributed by atoms with E-state index in [0.717, 1.165) is 29.3 Å². The quantitative estimate of drug-likeness (QED) is 0.737. The topological polar surface area (TPSA) is 60.1 Å². The van der Waals surface area contributed by atoms with E-state index >= 15 is 0 Å². The van der Waals surface area contributed by atoms with Crippen LogP contribution < -0.4 is 5.32 Å². The van der Waals surface area contributed by atoms with Crippen LogP contribution in [0.15, 0.2) is 53.1 Å². The average Bonchev–Trinajstić information content (AvgIpc) is 3.27. The van der Waals surface area contributed by atoms with Gasteiger partial charge < -0.3 is 9.73 Å². The summed E-state index contributed by atoms with van der Waals surface area (Å²) < 4.78 is 7.18. The highest BCUT2D eigenvalue weighted by atomic mass is 16.3. The number of benzene rings is 1. The van der Waals surface area contributed by atoms with Gasteiger partial charge in [-0.1, -0.05) is 39.0 Å². The molecule has 3 rings (SSSR count). The number of furan rings is 1. The molecule has 0 aliphatic rings. The molecule has 0 saturated carbocycles. The number of hydrogen-bond acceptors (Lipinski definition) is 3. The van der Waals surface area contributed by atoms with Gasteiger partial charge in [0.15, 0.2) is 0 Å². The minimum absolute atomic E-state index is 0.112. The first-order chi connectivity index (χ1) is 12.1. The van der Waals surface area contributed by atoms with Gasteiger partial charge in [-0.15, -0.1) is 0 Å². The van der Waals surface area contributed by atoms with Crippen LogP contribution in [0.5, 0.6) is 0 Å². The number of carbonyl (C=O) groups is 1. The lowest BCUT2D eigenvalue weighted by Gasteiger charge is -2.09. The maximum absolute atomic E-state index is 12.9. The molecule has 0 radical (unpaired) electrons. The van der Waals surface area contributed by atoms with E-state index in [4.69, 9.17) is 9.52 Å². The van der Waals surface area contributed by atoms with E-state index in [1.54, 1.807) is 6.26 Å². The number of hydrogen-bond donors (Lipinski definition) is 1. The Bertz CT molecular complexity index is 833. The van der Waals surface area contributed by atoms with Gasteiger partial charge in [0.05, 0.1) is 35.4 Å². The Balaban J connectivity index is 1.98. The second-order valence-corrected chi connectivity index (χ2v) is 6.22. The highest BCUT2D eigenvalue weighted by Crippen LogP contribution is 2.25. The molecule has 0 aliphatic carbocycles. The predicted molar refractivity (Wildman–Crippen MR) is 96.9 cm³/mol.